The fourth-order valence-electron chi connectivity index (χ4n) is 0.176. The molecule has 0 heterocycles. The molecule has 0 bridgehead atoms. The predicted octanol–water partition coefficient (Wildman–Crippen LogP) is -0.205. The van der Waals surface area contributed by atoms with Gasteiger partial charge in [-0.3, -0.25) is 4.79 Å². The Kier molecular flexibility index (Phi) is 1.81. The average molecular weight is 88.1 g/mol. The van der Waals surface area contributed by atoms with Crippen LogP contribution in [0.2, 0.25) is 0 Å². The molecule has 0 fully saturated rings. The summed E-state index contributed by atoms with van der Waals surface area (Å²) in [7, 11) is 0.125. The van der Waals surface area contributed by atoms with E-state index in [-0.39, 0.29) is 12.8 Å². The van der Waals surface area contributed by atoms with Gasteiger partial charge in [-0.2, -0.15) is 0 Å². The topological polar surface area (TPSA) is 29.1 Å². The van der Waals surface area contributed by atoms with Crippen LogP contribution in [0.5, 0.6) is 0 Å². The molecule has 0 spiro atoms. The first-order valence-electron chi connectivity index (χ1n) is 2.47. The van der Waals surface area contributed by atoms with Crippen LogP contribution in [0.1, 0.15) is 8.29 Å². The van der Waals surface area contributed by atoms with Gasteiger partial charge in [0, 0.05) is 1.37 Å². The molecule has 0 radical (unpaired) electrons. The van der Waals surface area contributed by atoms with E-state index in [1.54, 1.807) is 0 Å². The highest BCUT2D eigenvalue weighted by atomic mass is 16.1. The molecule has 0 aromatic rings. The van der Waals surface area contributed by atoms with E-state index in [0.717, 1.165) is 0 Å². The third kappa shape index (κ3) is 3.63. The number of hydrogen-bond donors (Lipinski definition) is 1. The lowest BCUT2D eigenvalue weighted by Gasteiger charge is -1.85. The first-order chi connectivity index (χ1) is 3.27. The van der Waals surface area contributed by atoms with Crippen molar-refractivity contribution in [2.75, 3.05) is 13.6 Å². The third-order valence-electron chi connectivity index (χ3n) is 0.374. The van der Waals surface area contributed by atoms with Crippen molar-refractivity contribution in [1.82, 2.24) is 5.32 Å². The molecule has 6 heavy (non-hydrogen) atoms. The molecule has 0 aliphatic carbocycles. The van der Waals surface area contributed by atoms with Gasteiger partial charge in [-0.15, -0.1) is 0 Å². The van der Waals surface area contributed by atoms with Crippen molar-refractivity contribution in [1.29, 1.82) is 0 Å². The Hall–Kier alpha value is -0.370. The largest absolute Gasteiger partial charge is 0.313 e. The summed E-state index contributed by atoms with van der Waals surface area (Å²) >= 11 is 0. The molecule has 0 unspecified atom stereocenters. The predicted molar refractivity (Wildman–Crippen MR) is 24.6 cm³/mol. The van der Waals surface area contributed by atoms with Gasteiger partial charge in [0.25, 0.3) is 0 Å². The fourth-order valence-corrected chi connectivity index (χ4v) is 0.176. The Balaban J connectivity index is 2.82. The van der Waals surface area contributed by atoms with Crippen molar-refractivity contribution >= 4 is 5.78 Å². The molecule has 0 saturated heterocycles. The lowest BCUT2D eigenvalue weighted by atomic mass is 10.5. The molecule has 0 rings (SSSR count). The SMILES string of the molecule is [2H]CNCC(C)=O. The summed E-state index contributed by atoms with van der Waals surface area (Å²) in [5.41, 5.74) is 0. The lowest BCUT2D eigenvalue weighted by molar-refractivity contribution is -0.116. The molecule has 0 aromatic heterocycles. The van der Waals surface area contributed by atoms with Crippen molar-refractivity contribution in [3.05, 3.63) is 0 Å². The minimum Gasteiger partial charge on any atom is -0.313 e. The van der Waals surface area contributed by atoms with E-state index in [0.29, 0.717) is 6.54 Å². The average Bonchev–Trinajstić information content (AvgIpc) is 1.61. The lowest BCUT2D eigenvalue weighted by Crippen LogP contribution is -2.14. The summed E-state index contributed by atoms with van der Waals surface area (Å²) in [6, 6.07) is 0. The third-order valence-corrected chi connectivity index (χ3v) is 0.374. The summed E-state index contributed by atoms with van der Waals surface area (Å²) < 4.78 is 6.53. The maximum atomic E-state index is 10.1. The Labute approximate surface area is 39.0 Å². The van der Waals surface area contributed by atoms with Crippen LogP contribution in [0.3, 0.4) is 0 Å². The van der Waals surface area contributed by atoms with Crippen LogP contribution in [-0.4, -0.2) is 19.4 Å². The van der Waals surface area contributed by atoms with Gasteiger partial charge >= 0.3 is 0 Å². The van der Waals surface area contributed by atoms with Gasteiger partial charge in [-0.25, -0.2) is 0 Å². The molecule has 0 saturated carbocycles. The minimum atomic E-state index is 0.0762. The second-order valence-electron chi connectivity index (χ2n) is 1.13. The van der Waals surface area contributed by atoms with Crippen LogP contribution in [0.4, 0.5) is 0 Å². The summed E-state index contributed by atoms with van der Waals surface area (Å²) in [4.78, 5) is 10.1. The fraction of sp³-hybridized carbons (Fsp3) is 0.750. The number of rotatable bonds is 2. The highest BCUT2D eigenvalue weighted by Crippen LogP contribution is 1.57. The molecule has 0 amide bonds. The van der Waals surface area contributed by atoms with Crippen LogP contribution in [0.25, 0.3) is 0 Å². The van der Waals surface area contributed by atoms with E-state index in [2.05, 4.69) is 5.32 Å². The smallest absolute Gasteiger partial charge is 0.143 e. The monoisotopic (exact) mass is 88.1 g/mol. The van der Waals surface area contributed by atoms with E-state index in [9.17, 15) is 4.79 Å². The van der Waals surface area contributed by atoms with Crippen molar-refractivity contribution < 1.29 is 6.17 Å². The Morgan fingerprint density at radius 3 is 3.00 bits per heavy atom. The Morgan fingerprint density at radius 2 is 2.83 bits per heavy atom. The molecule has 0 atom stereocenters. The van der Waals surface area contributed by atoms with Gasteiger partial charge in [0.05, 0.1) is 6.54 Å². The zero-order valence-corrected chi connectivity index (χ0v) is 3.82. The normalized spacial score (nSPS) is 10.5. The van der Waals surface area contributed by atoms with Crippen molar-refractivity contribution in [2.24, 2.45) is 0 Å². The summed E-state index contributed by atoms with van der Waals surface area (Å²) in [5.74, 6) is 0.0762. The van der Waals surface area contributed by atoms with Gasteiger partial charge in [0.1, 0.15) is 5.78 Å². The molecular formula is C4H9NO. The molecule has 1 N–H and O–H groups in total. The van der Waals surface area contributed by atoms with E-state index >= 15 is 0 Å². The van der Waals surface area contributed by atoms with Gasteiger partial charge in [-0.05, 0) is 13.9 Å². The minimum absolute atomic E-state index is 0.0762. The quantitative estimate of drug-likeness (QED) is 0.506. The van der Waals surface area contributed by atoms with Gasteiger partial charge in [-0.1, -0.05) is 0 Å². The first kappa shape index (κ1) is 3.81. The van der Waals surface area contributed by atoms with Gasteiger partial charge < -0.3 is 5.32 Å². The van der Waals surface area contributed by atoms with Crippen LogP contribution in [0, 0.1) is 0 Å². The summed E-state index contributed by atoms with van der Waals surface area (Å²) in [5, 5.41) is 2.56. The maximum Gasteiger partial charge on any atom is 0.143 e. The van der Waals surface area contributed by atoms with E-state index in [4.69, 9.17) is 1.37 Å². The first-order valence-corrected chi connectivity index (χ1v) is 1.76. The Bertz CT molecular complexity index is 64.7. The number of nitrogens with one attached hydrogen (secondary N) is 1. The van der Waals surface area contributed by atoms with Crippen molar-refractivity contribution in [3.8, 4) is 0 Å². The standard InChI is InChI=1S/C4H9NO/c1-4(6)3-5-2/h5H,3H2,1-2H3/i2D. The molecule has 2 heteroatoms. The number of hydrogen-bond acceptors (Lipinski definition) is 2. The van der Waals surface area contributed by atoms with Crippen molar-refractivity contribution in [3.63, 3.8) is 0 Å². The molecular weight excluding hydrogens is 78.0 g/mol. The van der Waals surface area contributed by atoms with Crippen LogP contribution in [0.15, 0.2) is 0 Å². The molecule has 0 aliphatic heterocycles. The second-order valence-corrected chi connectivity index (χ2v) is 1.13. The number of ketones is 1. The number of carbonyl (C=O) groups excluding carboxylic acids is 1. The number of carbonyl (C=O) groups is 1. The number of Topliss-reactive ketones (excluding diaryl/α,β-unsaturated/α-hetero) is 1. The molecule has 0 aromatic carbocycles. The molecule has 0 aliphatic rings. The van der Waals surface area contributed by atoms with Crippen molar-refractivity contribution in [2.45, 2.75) is 6.92 Å². The zero-order valence-electron chi connectivity index (χ0n) is 4.82. The number of likely N-dealkylation sites (N-methyl/N-ethyl adjacent to an activating group) is 1. The summed E-state index contributed by atoms with van der Waals surface area (Å²) in [6.07, 6.45) is 0. The van der Waals surface area contributed by atoms with Gasteiger partial charge in [0.2, 0.25) is 0 Å². The van der Waals surface area contributed by atoms with Gasteiger partial charge in [0.15, 0.2) is 0 Å². The van der Waals surface area contributed by atoms with E-state index in [1.807, 2.05) is 0 Å². The highest BCUT2D eigenvalue weighted by Gasteiger charge is 1.82. The van der Waals surface area contributed by atoms with E-state index < -0.39 is 0 Å². The Morgan fingerprint density at radius 1 is 2.17 bits per heavy atom. The highest BCUT2D eigenvalue weighted by molar-refractivity contribution is 5.77. The maximum absolute atomic E-state index is 10.1. The van der Waals surface area contributed by atoms with Crippen LogP contribution < -0.4 is 5.32 Å². The van der Waals surface area contributed by atoms with Crippen LogP contribution >= 0.6 is 0 Å². The van der Waals surface area contributed by atoms with Crippen LogP contribution in [-0.2, 0) is 4.79 Å². The van der Waals surface area contributed by atoms with E-state index in [1.165, 1.54) is 6.92 Å². The zero-order chi connectivity index (χ0) is 5.70. The molecule has 36 valence electrons. The summed E-state index contributed by atoms with van der Waals surface area (Å²) in [6.45, 7) is 1.81. The molecule has 2 nitrogen and oxygen atoms in total. The second kappa shape index (κ2) is 2.85.